The molecule has 2 aromatic carbocycles. The summed E-state index contributed by atoms with van der Waals surface area (Å²) >= 11 is 0. The van der Waals surface area contributed by atoms with Crippen molar-refractivity contribution in [2.45, 2.75) is 13.1 Å². The molecule has 0 atom stereocenters. The van der Waals surface area contributed by atoms with Crippen LogP contribution in [0.15, 0.2) is 72.9 Å². The maximum absolute atomic E-state index is 12.3. The van der Waals surface area contributed by atoms with Crippen LogP contribution in [0.25, 0.3) is 11.2 Å². The second-order valence-corrected chi connectivity index (χ2v) is 6.69. The quantitative estimate of drug-likeness (QED) is 0.490. The summed E-state index contributed by atoms with van der Waals surface area (Å²) in [6.45, 7) is 0.784. The highest BCUT2D eigenvalue weighted by Gasteiger charge is 2.13. The molecule has 2 heterocycles. The molecule has 0 saturated carbocycles. The number of pyridine rings is 1. The van der Waals surface area contributed by atoms with Gasteiger partial charge in [-0.15, -0.1) is 0 Å². The number of para-hydroxylation sites is 1. The van der Waals surface area contributed by atoms with Crippen molar-refractivity contribution in [2.24, 2.45) is 0 Å². The smallest absolute Gasteiger partial charge is 0.258 e. The molecule has 0 fully saturated rings. The number of nitrogens with zero attached hydrogens (tertiary/aromatic N) is 3. The lowest BCUT2D eigenvalue weighted by Crippen LogP contribution is -2.29. The van der Waals surface area contributed by atoms with E-state index in [1.54, 1.807) is 13.3 Å². The Bertz CT molecular complexity index is 1140. The third-order valence-corrected chi connectivity index (χ3v) is 4.61. The Kier molecular flexibility index (Phi) is 5.89. The molecule has 4 aromatic rings. The molecular formula is C23H22N4O3. The molecule has 152 valence electrons. The van der Waals surface area contributed by atoms with E-state index in [1.165, 1.54) is 0 Å². The highest BCUT2D eigenvalue weighted by Crippen LogP contribution is 2.19. The summed E-state index contributed by atoms with van der Waals surface area (Å²) < 4.78 is 12.8. The topological polar surface area (TPSA) is 78.3 Å². The minimum absolute atomic E-state index is 0.0572. The summed E-state index contributed by atoms with van der Waals surface area (Å²) in [5.74, 6) is 1.95. The van der Waals surface area contributed by atoms with Crippen LogP contribution in [0, 0.1) is 0 Å². The average molecular weight is 402 g/mol. The Hall–Kier alpha value is -3.87. The molecule has 1 N–H and O–H groups in total. The number of aromatic nitrogens is 3. The van der Waals surface area contributed by atoms with E-state index in [0.717, 1.165) is 28.3 Å². The van der Waals surface area contributed by atoms with Crippen molar-refractivity contribution in [1.29, 1.82) is 0 Å². The average Bonchev–Trinajstić information content (AvgIpc) is 3.14. The van der Waals surface area contributed by atoms with Crippen molar-refractivity contribution in [2.75, 3.05) is 13.7 Å². The molecule has 4 rings (SSSR count). The highest BCUT2D eigenvalue weighted by molar-refractivity contribution is 5.77. The molecule has 0 radical (unpaired) electrons. The van der Waals surface area contributed by atoms with Gasteiger partial charge in [-0.05, 0) is 42.0 Å². The number of hydrogen-bond acceptors (Lipinski definition) is 5. The number of ether oxygens (including phenoxy) is 2. The highest BCUT2D eigenvalue weighted by atomic mass is 16.5. The summed E-state index contributed by atoms with van der Waals surface area (Å²) in [4.78, 5) is 21.4. The monoisotopic (exact) mass is 402 g/mol. The molecule has 0 aliphatic rings. The summed E-state index contributed by atoms with van der Waals surface area (Å²) in [6.07, 6.45) is 1.74. The van der Waals surface area contributed by atoms with Gasteiger partial charge in [0.2, 0.25) is 0 Å². The van der Waals surface area contributed by atoms with E-state index >= 15 is 0 Å². The molecule has 7 heteroatoms. The number of carbonyl (C=O) groups excluding carboxylic acids is 1. The van der Waals surface area contributed by atoms with E-state index < -0.39 is 0 Å². The largest absolute Gasteiger partial charge is 0.497 e. The number of imidazole rings is 1. The number of amides is 1. The Morgan fingerprint density at radius 2 is 1.87 bits per heavy atom. The fourth-order valence-electron chi connectivity index (χ4n) is 3.15. The molecule has 1 amide bonds. The van der Waals surface area contributed by atoms with Crippen LogP contribution in [0.2, 0.25) is 0 Å². The van der Waals surface area contributed by atoms with Gasteiger partial charge in [-0.2, -0.15) is 0 Å². The van der Waals surface area contributed by atoms with Crippen molar-refractivity contribution in [1.82, 2.24) is 19.9 Å². The lowest BCUT2D eigenvalue weighted by molar-refractivity contribution is -0.123. The Balaban J connectivity index is 1.49. The van der Waals surface area contributed by atoms with Crippen LogP contribution in [0.3, 0.4) is 0 Å². The standard InChI is InChI=1S/C23H22N4O3/c1-29-19-10-5-7-17(13-19)15-27-21(26-20-11-6-12-24-23(20)27)14-25-22(28)16-30-18-8-3-2-4-9-18/h2-13H,14-16H2,1H3,(H,25,28). The second kappa shape index (κ2) is 9.09. The molecule has 0 unspecified atom stereocenters. The van der Waals surface area contributed by atoms with Gasteiger partial charge < -0.3 is 19.4 Å². The lowest BCUT2D eigenvalue weighted by atomic mass is 10.2. The Labute approximate surface area is 174 Å². The normalized spacial score (nSPS) is 10.7. The Morgan fingerprint density at radius 1 is 1.03 bits per heavy atom. The zero-order chi connectivity index (χ0) is 20.8. The fourth-order valence-corrected chi connectivity index (χ4v) is 3.15. The van der Waals surface area contributed by atoms with Gasteiger partial charge in [-0.3, -0.25) is 4.79 Å². The van der Waals surface area contributed by atoms with Gasteiger partial charge in [0.15, 0.2) is 12.3 Å². The molecule has 7 nitrogen and oxygen atoms in total. The van der Waals surface area contributed by atoms with E-state index in [9.17, 15) is 4.79 Å². The molecule has 0 aliphatic heterocycles. The predicted molar refractivity (Wildman–Crippen MR) is 113 cm³/mol. The molecule has 0 bridgehead atoms. The number of fused-ring (bicyclic) bond motifs is 1. The van der Waals surface area contributed by atoms with Crippen molar-refractivity contribution in [3.63, 3.8) is 0 Å². The number of methoxy groups -OCH3 is 1. The van der Waals surface area contributed by atoms with Gasteiger partial charge in [0.1, 0.15) is 22.8 Å². The first-order valence-corrected chi connectivity index (χ1v) is 9.60. The van der Waals surface area contributed by atoms with Gasteiger partial charge in [-0.1, -0.05) is 30.3 Å². The third-order valence-electron chi connectivity index (χ3n) is 4.61. The van der Waals surface area contributed by atoms with Gasteiger partial charge >= 0.3 is 0 Å². The summed E-state index contributed by atoms with van der Waals surface area (Å²) in [5, 5.41) is 2.88. The van der Waals surface area contributed by atoms with Crippen LogP contribution in [-0.2, 0) is 17.9 Å². The van der Waals surface area contributed by atoms with E-state index in [1.807, 2.05) is 71.3 Å². The fraction of sp³-hybridized carbons (Fsp3) is 0.174. The Morgan fingerprint density at radius 3 is 2.70 bits per heavy atom. The first-order valence-electron chi connectivity index (χ1n) is 9.60. The van der Waals surface area contributed by atoms with Gasteiger partial charge in [-0.25, -0.2) is 9.97 Å². The van der Waals surface area contributed by atoms with Crippen molar-refractivity contribution in [3.05, 3.63) is 84.3 Å². The zero-order valence-corrected chi connectivity index (χ0v) is 16.6. The summed E-state index contributed by atoms with van der Waals surface area (Å²) in [7, 11) is 1.64. The molecule has 0 aliphatic carbocycles. The van der Waals surface area contributed by atoms with Gasteiger partial charge in [0.05, 0.1) is 20.2 Å². The zero-order valence-electron chi connectivity index (χ0n) is 16.6. The summed E-state index contributed by atoms with van der Waals surface area (Å²) in [5.41, 5.74) is 2.61. The summed E-state index contributed by atoms with van der Waals surface area (Å²) in [6, 6.07) is 20.9. The van der Waals surface area contributed by atoms with Crippen LogP contribution in [0.5, 0.6) is 11.5 Å². The van der Waals surface area contributed by atoms with Crippen molar-refractivity contribution in [3.8, 4) is 11.5 Å². The molecule has 30 heavy (non-hydrogen) atoms. The maximum atomic E-state index is 12.3. The van der Waals surface area contributed by atoms with E-state index in [0.29, 0.717) is 12.3 Å². The van der Waals surface area contributed by atoms with Crippen LogP contribution in [0.4, 0.5) is 0 Å². The van der Waals surface area contributed by atoms with Crippen LogP contribution in [0.1, 0.15) is 11.4 Å². The van der Waals surface area contributed by atoms with Gasteiger partial charge in [0.25, 0.3) is 5.91 Å². The second-order valence-electron chi connectivity index (χ2n) is 6.69. The first kappa shape index (κ1) is 19.4. The third kappa shape index (κ3) is 4.57. The number of benzene rings is 2. The van der Waals surface area contributed by atoms with Crippen LogP contribution in [-0.4, -0.2) is 34.2 Å². The number of carbonyl (C=O) groups is 1. The van der Waals surface area contributed by atoms with E-state index in [-0.39, 0.29) is 19.1 Å². The van der Waals surface area contributed by atoms with Crippen LogP contribution < -0.4 is 14.8 Å². The SMILES string of the molecule is COc1cccc(Cn2c(CNC(=O)COc3ccccc3)nc3cccnc32)c1. The van der Waals surface area contributed by atoms with Crippen LogP contribution >= 0.6 is 0 Å². The van der Waals surface area contributed by atoms with Crippen molar-refractivity contribution < 1.29 is 14.3 Å². The minimum Gasteiger partial charge on any atom is -0.497 e. The molecule has 2 aromatic heterocycles. The first-order chi connectivity index (χ1) is 14.7. The number of nitrogens with one attached hydrogen (secondary N) is 1. The predicted octanol–water partition coefficient (Wildman–Crippen LogP) is 3.18. The minimum atomic E-state index is -0.216. The van der Waals surface area contributed by atoms with E-state index in [4.69, 9.17) is 9.47 Å². The van der Waals surface area contributed by atoms with Gasteiger partial charge in [0, 0.05) is 6.20 Å². The lowest BCUT2D eigenvalue weighted by Gasteiger charge is -2.11. The molecule has 0 spiro atoms. The molecule has 0 saturated heterocycles. The van der Waals surface area contributed by atoms with E-state index in [2.05, 4.69) is 15.3 Å². The number of hydrogen-bond donors (Lipinski definition) is 1. The number of rotatable bonds is 8. The maximum Gasteiger partial charge on any atom is 0.258 e. The van der Waals surface area contributed by atoms with Crippen molar-refractivity contribution >= 4 is 17.1 Å². The molecular weight excluding hydrogens is 380 g/mol.